The highest BCUT2D eigenvalue weighted by atomic mass is 32.2. The van der Waals surface area contributed by atoms with Gasteiger partial charge in [0.15, 0.2) is 10.7 Å². The fourth-order valence-electron chi connectivity index (χ4n) is 1.08. The first-order chi connectivity index (χ1) is 6.77. The second kappa shape index (κ2) is 3.98. The van der Waals surface area contributed by atoms with E-state index in [1.807, 2.05) is 0 Å². The maximum atomic E-state index is 10.8. The average molecular weight is 214 g/mol. The van der Waals surface area contributed by atoms with Gasteiger partial charge in [0.25, 0.3) is 0 Å². The zero-order valence-corrected chi connectivity index (χ0v) is 8.28. The van der Waals surface area contributed by atoms with Crippen LogP contribution in [0.15, 0.2) is 29.2 Å². The van der Waals surface area contributed by atoms with Crippen LogP contribution in [-0.4, -0.2) is 27.7 Å². The highest BCUT2D eigenvalue weighted by Gasteiger charge is 2.23. The summed E-state index contributed by atoms with van der Waals surface area (Å²) in [5.74, 6) is 0.402. The van der Waals surface area contributed by atoms with Crippen LogP contribution < -0.4 is 4.74 Å². The van der Waals surface area contributed by atoms with Gasteiger partial charge in [-0.3, -0.25) is 0 Å². The number of benzene rings is 1. The molecule has 0 bridgehead atoms. The van der Waals surface area contributed by atoms with Crippen molar-refractivity contribution in [2.45, 2.75) is 11.0 Å². The van der Waals surface area contributed by atoms with Crippen LogP contribution in [0.25, 0.3) is 0 Å². The summed E-state index contributed by atoms with van der Waals surface area (Å²) >= 11 is 0. The van der Waals surface area contributed by atoms with Crippen molar-refractivity contribution < 1.29 is 17.9 Å². The van der Waals surface area contributed by atoms with Crippen LogP contribution in [0.2, 0.25) is 0 Å². The molecule has 1 saturated heterocycles. The predicted octanol–water partition coefficient (Wildman–Crippen LogP) is 0.435. The number of para-hydroxylation sites is 1. The molecule has 0 radical (unpaired) electrons. The Hall–Kier alpha value is -1.07. The second-order valence-corrected chi connectivity index (χ2v) is 3.99. The third kappa shape index (κ3) is 2.24. The number of hydrogen-bond donors (Lipinski definition) is 1. The van der Waals surface area contributed by atoms with Crippen LogP contribution in [0.5, 0.6) is 5.75 Å². The Balaban J connectivity index is 2.13. The molecule has 1 aromatic rings. The molecule has 1 aromatic carbocycles. The molecule has 1 aliphatic rings. The molecular weight excluding hydrogens is 204 g/mol. The molecule has 0 aromatic heterocycles. The quantitative estimate of drug-likeness (QED) is 0.583. The molecular formula is C9H10O4S. The van der Waals surface area contributed by atoms with Gasteiger partial charge in [-0.15, -0.1) is 0 Å². The van der Waals surface area contributed by atoms with Gasteiger partial charge in [0.2, 0.25) is 0 Å². The van der Waals surface area contributed by atoms with Gasteiger partial charge in [-0.25, -0.2) is 8.42 Å². The molecule has 1 heterocycles. The molecule has 0 N–H and O–H groups in total. The normalized spacial score (nSPS) is 19.6. The number of ether oxygens (including phenoxy) is 2. The van der Waals surface area contributed by atoms with Crippen molar-refractivity contribution in [2.75, 3.05) is 13.2 Å². The van der Waals surface area contributed by atoms with Gasteiger partial charge in [-0.2, -0.15) is 0 Å². The van der Waals surface area contributed by atoms with Gasteiger partial charge in [-0.05, 0) is 12.1 Å². The van der Waals surface area contributed by atoms with Crippen LogP contribution in [0.4, 0.5) is 0 Å². The third-order valence-electron chi connectivity index (χ3n) is 1.89. The van der Waals surface area contributed by atoms with E-state index in [4.69, 9.17) is 9.47 Å². The predicted molar refractivity (Wildman–Crippen MR) is 50.3 cm³/mol. The van der Waals surface area contributed by atoms with E-state index in [9.17, 15) is 8.42 Å². The van der Waals surface area contributed by atoms with Gasteiger partial charge in [0.05, 0.1) is 6.61 Å². The Morgan fingerprint density at radius 3 is 2.79 bits per heavy atom. The van der Waals surface area contributed by atoms with Crippen molar-refractivity contribution in [1.29, 1.82) is 0 Å². The van der Waals surface area contributed by atoms with Crippen LogP contribution in [0, 0.1) is 0 Å². The maximum absolute atomic E-state index is 10.8. The van der Waals surface area contributed by atoms with Gasteiger partial charge < -0.3 is 9.47 Å². The number of rotatable bonds is 4. The Morgan fingerprint density at radius 1 is 1.43 bits per heavy atom. The second-order valence-electron chi connectivity index (χ2n) is 2.99. The average Bonchev–Trinajstić information content (AvgIpc) is 2.98. The molecule has 0 saturated carbocycles. The largest absolute Gasteiger partial charge is 0.489 e. The fraction of sp³-hybridized carbons (Fsp3) is 0.333. The molecule has 1 aliphatic heterocycles. The molecule has 0 spiro atoms. The molecule has 76 valence electrons. The van der Waals surface area contributed by atoms with Crippen LogP contribution in [0.3, 0.4) is 0 Å². The fourth-order valence-corrected chi connectivity index (χ4v) is 1.60. The molecule has 2 rings (SSSR count). The monoisotopic (exact) mass is 214 g/mol. The Morgan fingerprint density at radius 2 is 2.14 bits per heavy atom. The molecule has 0 aliphatic carbocycles. The van der Waals surface area contributed by atoms with E-state index < -0.39 is 10.7 Å². The highest BCUT2D eigenvalue weighted by molar-refractivity contribution is 7.72. The minimum absolute atomic E-state index is 0.132. The Kier molecular flexibility index (Phi) is 2.69. The minimum atomic E-state index is -2.59. The van der Waals surface area contributed by atoms with E-state index in [2.05, 4.69) is 0 Å². The summed E-state index contributed by atoms with van der Waals surface area (Å²) in [6, 6.07) is 6.57. The first kappa shape index (κ1) is 9.48. The minimum Gasteiger partial charge on any atom is -0.489 e. The van der Waals surface area contributed by atoms with Crippen molar-refractivity contribution in [3.8, 4) is 5.75 Å². The lowest BCUT2D eigenvalue weighted by Gasteiger charge is -2.05. The lowest BCUT2D eigenvalue weighted by atomic mass is 10.3. The molecule has 1 unspecified atom stereocenters. The van der Waals surface area contributed by atoms with Crippen molar-refractivity contribution in [3.05, 3.63) is 24.3 Å². The molecule has 14 heavy (non-hydrogen) atoms. The highest BCUT2D eigenvalue weighted by Crippen LogP contribution is 2.20. The van der Waals surface area contributed by atoms with Gasteiger partial charge >= 0.3 is 0 Å². The summed E-state index contributed by atoms with van der Waals surface area (Å²) in [7, 11) is -2.59. The number of hydrogen-bond acceptors (Lipinski definition) is 4. The summed E-state index contributed by atoms with van der Waals surface area (Å²) in [6.07, 6.45) is 0.132. The van der Waals surface area contributed by atoms with Crippen LogP contribution in [-0.2, 0) is 15.4 Å². The zero-order valence-electron chi connectivity index (χ0n) is 7.38. The first-order valence-corrected chi connectivity index (χ1v) is 5.43. The van der Waals surface area contributed by atoms with Crippen molar-refractivity contribution >= 4 is 10.7 Å². The van der Waals surface area contributed by atoms with Crippen LogP contribution >= 0.6 is 0 Å². The smallest absolute Gasteiger partial charge is 0.171 e. The topological polar surface area (TPSA) is 55.9 Å². The van der Waals surface area contributed by atoms with E-state index in [0.717, 1.165) is 0 Å². The Labute approximate surface area is 83.4 Å². The lowest BCUT2D eigenvalue weighted by molar-refractivity contribution is 0.258. The van der Waals surface area contributed by atoms with E-state index in [-0.39, 0.29) is 11.0 Å². The van der Waals surface area contributed by atoms with Crippen molar-refractivity contribution in [2.24, 2.45) is 0 Å². The van der Waals surface area contributed by atoms with E-state index in [1.54, 1.807) is 18.2 Å². The number of thiol groups is 1. The van der Waals surface area contributed by atoms with Crippen molar-refractivity contribution in [1.82, 2.24) is 0 Å². The van der Waals surface area contributed by atoms with Gasteiger partial charge in [-0.1, -0.05) is 12.1 Å². The van der Waals surface area contributed by atoms with Gasteiger partial charge in [0.1, 0.15) is 23.4 Å². The van der Waals surface area contributed by atoms with E-state index >= 15 is 0 Å². The summed E-state index contributed by atoms with van der Waals surface area (Å²) in [4.78, 5) is 0.225. The lowest BCUT2D eigenvalue weighted by Crippen LogP contribution is -2.05. The molecule has 4 nitrogen and oxygen atoms in total. The first-order valence-electron chi connectivity index (χ1n) is 4.25. The SMILES string of the molecule is O=[SH](=O)c1ccccc1OCC1CO1. The van der Waals surface area contributed by atoms with Crippen molar-refractivity contribution in [3.63, 3.8) is 0 Å². The summed E-state index contributed by atoms with van der Waals surface area (Å²) < 4.78 is 31.9. The Bertz CT molecular complexity index is 388. The number of epoxide rings is 1. The summed E-state index contributed by atoms with van der Waals surface area (Å²) in [5.41, 5.74) is 0. The standard InChI is InChI=1S/C9H10O4S/c10-14(11)9-4-2-1-3-8(9)13-6-7-5-12-7/h1-4,7,14H,5-6H2. The molecule has 1 fully saturated rings. The van der Waals surface area contributed by atoms with E-state index in [0.29, 0.717) is 19.0 Å². The zero-order chi connectivity index (χ0) is 9.97. The van der Waals surface area contributed by atoms with E-state index in [1.165, 1.54) is 6.07 Å². The van der Waals surface area contributed by atoms with Gasteiger partial charge in [0, 0.05) is 0 Å². The summed E-state index contributed by atoms with van der Waals surface area (Å²) in [6.45, 7) is 1.12. The molecule has 5 heteroatoms. The maximum Gasteiger partial charge on any atom is 0.171 e. The third-order valence-corrected chi connectivity index (χ3v) is 2.65. The molecule has 1 atom stereocenters. The molecule has 0 amide bonds. The van der Waals surface area contributed by atoms with Crippen LogP contribution in [0.1, 0.15) is 0 Å². The summed E-state index contributed by atoms with van der Waals surface area (Å²) in [5, 5.41) is 0.